The number of hydrogen-bond acceptors (Lipinski definition) is 2. The molecular formula is C11H8BrNO. The van der Waals surface area contributed by atoms with E-state index in [2.05, 4.69) is 20.9 Å². The van der Waals surface area contributed by atoms with Crippen molar-refractivity contribution >= 4 is 32.6 Å². The molecule has 3 heteroatoms. The number of rotatable bonds is 1. The minimum absolute atomic E-state index is 0.0785. The van der Waals surface area contributed by atoms with Gasteiger partial charge in [0.15, 0.2) is 5.78 Å². The van der Waals surface area contributed by atoms with Gasteiger partial charge in [-0.1, -0.05) is 6.07 Å². The molecule has 0 spiro atoms. The molecule has 0 amide bonds. The molecule has 0 atom stereocenters. The van der Waals surface area contributed by atoms with Crippen LogP contribution < -0.4 is 0 Å². The Bertz CT molecular complexity index is 508. The molecular weight excluding hydrogens is 242 g/mol. The highest BCUT2D eigenvalue weighted by atomic mass is 79.9. The van der Waals surface area contributed by atoms with Gasteiger partial charge in [-0.05, 0) is 47.1 Å². The Hall–Kier alpha value is -1.22. The number of aromatic nitrogens is 1. The maximum atomic E-state index is 11.1. The average molecular weight is 250 g/mol. The lowest BCUT2D eigenvalue weighted by molar-refractivity contribution is 0.101. The Morgan fingerprint density at radius 2 is 2.07 bits per heavy atom. The summed E-state index contributed by atoms with van der Waals surface area (Å²) in [4.78, 5) is 15.4. The summed E-state index contributed by atoms with van der Waals surface area (Å²) < 4.78 is 0.806. The van der Waals surface area contributed by atoms with E-state index in [0.717, 1.165) is 21.1 Å². The molecule has 0 N–H and O–H groups in total. The average Bonchev–Trinajstić information content (AvgIpc) is 2.16. The zero-order chi connectivity index (χ0) is 10.1. The molecule has 0 bridgehead atoms. The molecule has 1 heterocycles. The topological polar surface area (TPSA) is 30.0 Å². The summed E-state index contributed by atoms with van der Waals surface area (Å²) in [5.74, 6) is 0.0785. The molecule has 1 aromatic carbocycles. The van der Waals surface area contributed by atoms with Crippen molar-refractivity contribution in [3.63, 3.8) is 0 Å². The fourth-order valence-electron chi connectivity index (χ4n) is 1.32. The van der Waals surface area contributed by atoms with Crippen molar-refractivity contribution < 1.29 is 4.79 Å². The van der Waals surface area contributed by atoms with E-state index in [1.54, 1.807) is 13.0 Å². The van der Waals surface area contributed by atoms with E-state index in [1.807, 2.05) is 24.3 Å². The van der Waals surface area contributed by atoms with E-state index in [1.165, 1.54) is 0 Å². The fourth-order valence-corrected chi connectivity index (χ4v) is 1.64. The first-order valence-corrected chi connectivity index (χ1v) is 5.03. The normalized spacial score (nSPS) is 10.4. The largest absolute Gasteiger partial charge is 0.295 e. The van der Waals surface area contributed by atoms with Crippen LogP contribution in [0.1, 0.15) is 17.3 Å². The number of fused-ring (bicyclic) bond motifs is 1. The van der Waals surface area contributed by atoms with E-state index in [0.29, 0.717) is 0 Å². The van der Waals surface area contributed by atoms with Gasteiger partial charge in [-0.3, -0.25) is 4.79 Å². The Morgan fingerprint density at radius 3 is 2.79 bits per heavy atom. The van der Waals surface area contributed by atoms with E-state index in [4.69, 9.17) is 0 Å². The minimum Gasteiger partial charge on any atom is -0.295 e. The second-order valence-corrected chi connectivity index (χ2v) is 3.91. The van der Waals surface area contributed by atoms with E-state index < -0.39 is 0 Å². The van der Waals surface area contributed by atoms with Crippen molar-refractivity contribution in [2.24, 2.45) is 0 Å². The van der Waals surface area contributed by atoms with Gasteiger partial charge < -0.3 is 0 Å². The summed E-state index contributed by atoms with van der Waals surface area (Å²) in [5, 5.41) is 0.987. The van der Waals surface area contributed by atoms with Crippen molar-refractivity contribution in [2.45, 2.75) is 6.92 Å². The van der Waals surface area contributed by atoms with Gasteiger partial charge >= 0.3 is 0 Å². The maximum absolute atomic E-state index is 11.1. The van der Waals surface area contributed by atoms with Crippen molar-refractivity contribution in [1.82, 2.24) is 4.98 Å². The summed E-state index contributed by atoms with van der Waals surface area (Å²) in [7, 11) is 0. The maximum Gasteiger partial charge on any atom is 0.159 e. The zero-order valence-electron chi connectivity index (χ0n) is 7.62. The molecule has 0 aliphatic rings. The van der Waals surface area contributed by atoms with Crippen LogP contribution in [-0.4, -0.2) is 10.8 Å². The van der Waals surface area contributed by atoms with E-state index in [-0.39, 0.29) is 5.78 Å². The molecule has 0 fully saturated rings. The van der Waals surface area contributed by atoms with Crippen molar-refractivity contribution in [3.05, 3.63) is 40.5 Å². The van der Waals surface area contributed by atoms with Gasteiger partial charge in [-0.25, -0.2) is 4.98 Å². The molecule has 1 aromatic heterocycles. The second kappa shape index (κ2) is 3.50. The van der Waals surface area contributed by atoms with Crippen LogP contribution in [0.4, 0.5) is 0 Å². The summed E-state index contributed by atoms with van der Waals surface area (Å²) in [5.41, 5.74) is 1.62. The fraction of sp³-hybridized carbons (Fsp3) is 0.0909. The molecule has 0 saturated carbocycles. The number of nitrogens with zero attached hydrogens (tertiary/aromatic N) is 1. The van der Waals surface area contributed by atoms with Gasteiger partial charge in [-0.2, -0.15) is 0 Å². The SMILES string of the molecule is CC(=O)c1ccc2nc(Br)ccc2c1. The molecule has 14 heavy (non-hydrogen) atoms. The number of ketones is 1. The van der Waals surface area contributed by atoms with Crippen LogP contribution in [0, 0.1) is 0 Å². The first-order chi connectivity index (χ1) is 6.66. The van der Waals surface area contributed by atoms with E-state index >= 15 is 0 Å². The van der Waals surface area contributed by atoms with Crippen LogP contribution in [0.5, 0.6) is 0 Å². The minimum atomic E-state index is 0.0785. The summed E-state index contributed by atoms with van der Waals surface area (Å²) in [6.45, 7) is 1.56. The third kappa shape index (κ3) is 1.68. The number of Topliss-reactive ketones (excluding diaryl/α,β-unsaturated/α-hetero) is 1. The summed E-state index contributed by atoms with van der Waals surface area (Å²) in [6.07, 6.45) is 0. The van der Waals surface area contributed by atoms with Gasteiger partial charge in [0.1, 0.15) is 4.60 Å². The third-order valence-corrected chi connectivity index (χ3v) is 2.50. The molecule has 70 valence electrons. The van der Waals surface area contributed by atoms with Gasteiger partial charge in [0.05, 0.1) is 5.52 Å². The molecule has 2 aromatic rings. The van der Waals surface area contributed by atoms with Crippen molar-refractivity contribution in [1.29, 1.82) is 0 Å². The number of halogens is 1. The van der Waals surface area contributed by atoms with Gasteiger partial charge in [0, 0.05) is 10.9 Å². The smallest absolute Gasteiger partial charge is 0.159 e. The predicted molar refractivity (Wildman–Crippen MR) is 59.4 cm³/mol. The first-order valence-electron chi connectivity index (χ1n) is 4.24. The predicted octanol–water partition coefficient (Wildman–Crippen LogP) is 3.20. The van der Waals surface area contributed by atoms with Crippen molar-refractivity contribution in [3.8, 4) is 0 Å². The molecule has 2 rings (SSSR count). The molecule has 0 aliphatic heterocycles. The van der Waals surface area contributed by atoms with Crippen LogP contribution in [-0.2, 0) is 0 Å². The number of carbonyl (C=O) groups excluding carboxylic acids is 1. The molecule has 0 saturated heterocycles. The number of carbonyl (C=O) groups is 1. The Balaban J connectivity index is 2.67. The lowest BCUT2D eigenvalue weighted by Gasteiger charge is -1.99. The van der Waals surface area contributed by atoms with Gasteiger partial charge in [-0.15, -0.1) is 0 Å². The Morgan fingerprint density at radius 1 is 1.29 bits per heavy atom. The first kappa shape index (κ1) is 9.34. The lowest BCUT2D eigenvalue weighted by atomic mass is 10.1. The third-order valence-electron chi connectivity index (χ3n) is 2.06. The Kier molecular flexibility index (Phi) is 2.33. The zero-order valence-corrected chi connectivity index (χ0v) is 9.21. The number of benzene rings is 1. The highest BCUT2D eigenvalue weighted by Gasteiger charge is 2.01. The van der Waals surface area contributed by atoms with Crippen LogP contribution in [0.2, 0.25) is 0 Å². The van der Waals surface area contributed by atoms with Crippen molar-refractivity contribution in [2.75, 3.05) is 0 Å². The van der Waals surface area contributed by atoms with Crippen LogP contribution in [0.3, 0.4) is 0 Å². The number of hydrogen-bond donors (Lipinski definition) is 0. The standard InChI is InChI=1S/C11H8BrNO/c1-7(14)8-2-4-10-9(6-8)3-5-11(12)13-10/h2-6H,1H3. The summed E-state index contributed by atoms with van der Waals surface area (Å²) in [6, 6.07) is 9.32. The highest BCUT2D eigenvalue weighted by molar-refractivity contribution is 9.10. The molecule has 0 aliphatic carbocycles. The van der Waals surface area contributed by atoms with Gasteiger partial charge in [0.2, 0.25) is 0 Å². The molecule has 0 radical (unpaired) electrons. The van der Waals surface area contributed by atoms with Crippen LogP contribution >= 0.6 is 15.9 Å². The van der Waals surface area contributed by atoms with E-state index in [9.17, 15) is 4.79 Å². The second-order valence-electron chi connectivity index (χ2n) is 3.10. The molecule has 0 unspecified atom stereocenters. The Labute approximate surface area is 90.1 Å². The van der Waals surface area contributed by atoms with Gasteiger partial charge in [0.25, 0.3) is 0 Å². The quantitative estimate of drug-likeness (QED) is 0.574. The lowest BCUT2D eigenvalue weighted by Crippen LogP contribution is -1.91. The molecule has 2 nitrogen and oxygen atoms in total. The highest BCUT2D eigenvalue weighted by Crippen LogP contribution is 2.17. The van der Waals surface area contributed by atoms with Crippen LogP contribution in [0.25, 0.3) is 10.9 Å². The summed E-state index contributed by atoms with van der Waals surface area (Å²) >= 11 is 3.30. The van der Waals surface area contributed by atoms with Crippen LogP contribution in [0.15, 0.2) is 34.9 Å². The number of pyridine rings is 1. The monoisotopic (exact) mass is 249 g/mol.